The summed E-state index contributed by atoms with van der Waals surface area (Å²) in [5, 5.41) is 12.2. The molecule has 11 heteroatoms. The molecule has 3 aromatic rings. The molecule has 8 nitrogen and oxygen atoms in total. The Morgan fingerprint density at radius 3 is 2.47 bits per heavy atom. The number of amides is 1. The molecule has 34 heavy (non-hydrogen) atoms. The van der Waals surface area contributed by atoms with Crippen molar-refractivity contribution in [3.05, 3.63) is 63.0 Å². The Hall–Kier alpha value is -4.02. The van der Waals surface area contributed by atoms with Crippen LogP contribution in [0.25, 0.3) is 11.0 Å². The zero-order valence-corrected chi connectivity index (χ0v) is 18.3. The molecule has 1 N–H and O–H groups in total. The van der Waals surface area contributed by atoms with Gasteiger partial charge in [0.2, 0.25) is 11.2 Å². The summed E-state index contributed by atoms with van der Waals surface area (Å²) in [5.41, 5.74) is 0.611. The number of aryl methyl sites for hydroxylation is 2. The normalized spacial score (nSPS) is 11.4. The predicted octanol–water partition coefficient (Wildman–Crippen LogP) is 2.77. The van der Waals surface area contributed by atoms with E-state index in [9.17, 15) is 32.7 Å². The molecule has 3 rings (SSSR count). The lowest BCUT2D eigenvalue weighted by Crippen LogP contribution is -2.39. The van der Waals surface area contributed by atoms with Crippen molar-refractivity contribution in [2.75, 3.05) is 13.2 Å². The van der Waals surface area contributed by atoms with Crippen molar-refractivity contribution in [2.45, 2.75) is 26.9 Å². The number of carboxylic acids is 1. The van der Waals surface area contributed by atoms with E-state index in [0.717, 1.165) is 17.2 Å². The van der Waals surface area contributed by atoms with Crippen molar-refractivity contribution in [1.82, 2.24) is 5.32 Å². The number of benzene rings is 2. The number of carboxylic acid groups (broad SMARTS) is 1. The zero-order chi connectivity index (χ0) is 25.2. The van der Waals surface area contributed by atoms with E-state index in [0.29, 0.717) is 5.56 Å². The van der Waals surface area contributed by atoms with Crippen LogP contribution in [0.15, 0.2) is 39.5 Å². The fraction of sp³-hybridized carbons (Fsp3) is 0.261. The molecule has 0 saturated carbocycles. The Morgan fingerprint density at radius 1 is 1.12 bits per heavy atom. The predicted molar refractivity (Wildman–Crippen MR) is 112 cm³/mol. The average Bonchev–Trinajstić information content (AvgIpc) is 2.74. The van der Waals surface area contributed by atoms with Gasteiger partial charge in [-0.3, -0.25) is 9.59 Å². The standard InChI is InChI=1S/C23H20F3NO7/c1-11-6-12(2)13(3)16(7-11)33-21-20(31)15-5-4-14(32-10-18(28)27-9-19(29)30)8-17(15)34-22(21)23(24,25)26/h4-8H,9-10H2,1-3H3,(H,27,28)(H,29,30)/p-1. The number of nitrogens with one attached hydrogen (secondary N) is 1. The number of fused-ring (bicyclic) bond motifs is 1. The average molecular weight is 478 g/mol. The van der Waals surface area contributed by atoms with Crippen molar-refractivity contribution >= 4 is 22.8 Å². The molecule has 0 saturated heterocycles. The Labute approximate surface area is 190 Å². The van der Waals surface area contributed by atoms with Crippen molar-refractivity contribution in [1.29, 1.82) is 0 Å². The van der Waals surface area contributed by atoms with E-state index in [-0.39, 0.29) is 16.9 Å². The molecule has 0 fully saturated rings. The zero-order valence-electron chi connectivity index (χ0n) is 18.3. The fourth-order valence-electron chi connectivity index (χ4n) is 3.11. The maximum atomic E-state index is 13.8. The third kappa shape index (κ3) is 5.48. The Balaban J connectivity index is 2.01. The summed E-state index contributed by atoms with van der Waals surface area (Å²) < 4.78 is 56.9. The highest BCUT2D eigenvalue weighted by molar-refractivity contribution is 5.82. The summed E-state index contributed by atoms with van der Waals surface area (Å²) in [6, 6.07) is 6.80. The smallest absolute Gasteiger partial charge is 0.453 e. The maximum absolute atomic E-state index is 13.8. The van der Waals surface area contributed by atoms with E-state index in [4.69, 9.17) is 13.9 Å². The van der Waals surface area contributed by atoms with Gasteiger partial charge < -0.3 is 29.1 Å². The first-order valence-electron chi connectivity index (χ1n) is 9.90. The lowest BCUT2D eigenvalue weighted by molar-refractivity contribution is -0.304. The van der Waals surface area contributed by atoms with E-state index in [2.05, 4.69) is 0 Å². The summed E-state index contributed by atoms with van der Waals surface area (Å²) in [5.74, 6) is -4.90. The van der Waals surface area contributed by atoms with E-state index in [1.807, 2.05) is 11.4 Å². The van der Waals surface area contributed by atoms with Crippen LogP contribution in [0.4, 0.5) is 13.2 Å². The minimum absolute atomic E-state index is 0.0776. The second kappa shape index (κ2) is 9.46. The van der Waals surface area contributed by atoms with E-state index in [1.165, 1.54) is 18.2 Å². The van der Waals surface area contributed by atoms with Crippen LogP contribution in [0.3, 0.4) is 0 Å². The summed E-state index contributed by atoms with van der Waals surface area (Å²) >= 11 is 0. The molecular weight excluding hydrogens is 459 g/mol. The van der Waals surface area contributed by atoms with E-state index < -0.39 is 53.7 Å². The Bertz CT molecular complexity index is 1330. The highest BCUT2D eigenvalue weighted by Crippen LogP contribution is 2.39. The summed E-state index contributed by atoms with van der Waals surface area (Å²) in [6.07, 6.45) is -5.04. The fourth-order valence-corrected chi connectivity index (χ4v) is 3.11. The summed E-state index contributed by atoms with van der Waals surface area (Å²) in [6.45, 7) is 3.82. The molecule has 0 atom stereocenters. The summed E-state index contributed by atoms with van der Waals surface area (Å²) in [7, 11) is 0. The van der Waals surface area contributed by atoms with Gasteiger partial charge in [-0.15, -0.1) is 0 Å². The molecule has 1 aromatic heterocycles. The second-order valence-electron chi connectivity index (χ2n) is 7.49. The van der Waals surface area contributed by atoms with Crippen LogP contribution in [0.2, 0.25) is 0 Å². The van der Waals surface area contributed by atoms with Crippen LogP contribution in [-0.4, -0.2) is 25.0 Å². The highest BCUT2D eigenvalue weighted by atomic mass is 19.4. The van der Waals surface area contributed by atoms with Gasteiger partial charge in [0.15, 0.2) is 6.61 Å². The Kier molecular flexibility index (Phi) is 6.85. The van der Waals surface area contributed by atoms with Gasteiger partial charge in [0.25, 0.3) is 11.7 Å². The van der Waals surface area contributed by atoms with Gasteiger partial charge in [0.1, 0.15) is 17.1 Å². The van der Waals surface area contributed by atoms with Crippen LogP contribution >= 0.6 is 0 Å². The Morgan fingerprint density at radius 2 is 1.82 bits per heavy atom. The van der Waals surface area contributed by atoms with Crippen molar-refractivity contribution in [3.8, 4) is 17.2 Å². The van der Waals surface area contributed by atoms with Crippen molar-refractivity contribution < 1.29 is 41.8 Å². The third-order valence-corrected chi connectivity index (χ3v) is 4.86. The first-order chi connectivity index (χ1) is 15.9. The second-order valence-corrected chi connectivity index (χ2v) is 7.49. The van der Waals surface area contributed by atoms with Gasteiger partial charge in [-0.1, -0.05) is 6.07 Å². The summed E-state index contributed by atoms with van der Waals surface area (Å²) in [4.78, 5) is 34.9. The van der Waals surface area contributed by atoms with Crippen molar-refractivity contribution in [2.24, 2.45) is 0 Å². The third-order valence-electron chi connectivity index (χ3n) is 4.86. The van der Waals surface area contributed by atoms with E-state index >= 15 is 0 Å². The molecular formula is C23H19F3NO7-. The highest BCUT2D eigenvalue weighted by Gasteiger charge is 2.40. The number of hydrogen-bond donors (Lipinski definition) is 1. The van der Waals surface area contributed by atoms with Gasteiger partial charge >= 0.3 is 6.18 Å². The molecule has 0 aliphatic heterocycles. The monoisotopic (exact) mass is 478 g/mol. The van der Waals surface area contributed by atoms with Crippen LogP contribution in [0, 0.1) is 20.8 Å². The molecule has 1 amide bonds. The number of ether oxygens (including phenoxy) is 2. The van der Waals surface area contributed by atoms with E-state index in [1.54, 1.807) is 20.8 Å². The van der Waals surface area contributed by atoms with Gasteiger partial charge in [-0.25, -0.2) is 0 Å². The van der Waals surface area contributed by atoms with Crippen LogP contribution in [-0.2, 0) is 15.8 Å². The number of carbonyl (C=O) groups is 2. The maximum Gasteiger partial charge on any atom is 0.453 e. The molecule has 0 bridgehead atoms. The number of alkyl halides is 3. The number of carbonyl (C=O) groups excluding carboxylic acids is 2. The molecule has 0 aliphatic carbocycles. The van der Waals surface area contributed by atoms with Gasteiger partial charge in [0.05, 0.1) is 17.9 Å². The lowest BCUT2D eigenvalue weighted by Gasteiger charge is -2.16. The van der Waals surface area contributed by atoms with Crippen LogP contribution < -0.4 is 25.3 Å². The molecule has 0 aliphatic rings. The topological polar surface area (TPSA) is 118 Å². The molecule has 2 aromatic carbocycles. The number of hydrogen-bond acceptors (Lipinski definition) is 7. The van der Waals surface area contributed by atoms with Crippen molar-refractivity contribution in [3.63, 3.8) is 0 Å². The number of halogens is 3. The van der Waals surface area contributed by atoms with Crippen LogP contribution in [0.5, 0.6) is 17.2 Å². The lowest BCUT2D eigenvalue weighted by atomic mass is 10.1. The minimum atomic E-state index is -5.04. The number of aliphatic carboxylic acids is 1. The van der Waals surface area contributed by atoms with Gasteiger partial charge in [-0.05, 0) is 55.7 Å². The first kappa shape index (κ1) is 24.6. The molecule has 0 unspecified atom stereocenters. The molecule has 180 valence electrons. The van der Waals surface area contributed by atoms with Gasteiger partial charge in [-0.2, -0.15) is 13.2 Å². The van der Waals surface area contributed by atoms with Crippen LogP contribution in [0.1, 0.15) is 22.5 Å². The molecule has 1 heterocycles. The minimum Gasteiger partial charge on any atom is -0.548 e. The molecule has 0 spiro atoms. The first-order valence-corrected chi connectivity index (χ1v) is 9.90. The largest absolute Gasteiger partial charge is 0.548 e. The quantitative estimate of drug-likeness (QED) is 0.555. The van der Waals surface area contributed by atoms with Gasteiger partial charge in [0, 0.05) is 6.07 Å². The SMILES string of the molecule is Cc1cc(C)c(C)c(Oc2c(C(F)(F)F)oc3cc(OCC(=O)NCC(=O)[O-])ccc3c2=O)c1. The number of rotatable bonds is 7. The molecule has 0 radical (unpaired) electrons.